The van der Waals surface area contributed by atoms with Crippen molar-refractivity contribution < 1.29 is 0 Å². The smallest absolute Gasteiger partial charge is 0.0705 e. The molecule has 5 atom stereocenters. The van der Waals surface area contributed by atoms with Crippen LogP contribution in [0.25, 0.3) is 11.3 Å². The Kier molecular flexibility index (Phi) is 2.25. The molecule has 1 heterocycles. The van der Waals surface area contributed by atoms with E-state index >= 15 is 0 Å². The summed E-state index contributed by atoms with van der Waals surface area (Å²) in [5.74, 6) is 3.72. The zero-order valence-electron chi connectivity index (χ0n) is 13.8. The second kappa shape index (κ2) is 4.06. The Morgan fingerprint density at radius 2 is 1.61 bits per heavy atom. The molecule has 23 heavy (non-hydrogen) atoms. The molecule has 1 nitrogen and oxygen atoms in total. The van der Waals surface area contributed by atoms with Gasteiger partial charge < -0.3 is 0 Å². The monoisotopic (exact) mass is 301 g/mol. The quantitative estimate of drug-likeness (QED) is 0.682. The number of hydrogen-bond acceptors (Lipinski definition) is 1. The molecule has 3 bridgehead atoms. The highest BCUT2D eigenvalue weighted by molar-refractivity contribution is 5.61. The molecular weight excluding hydrogens is 278 g/mol. The number of fused-ring (bicyclic) bond motifs is 5. The first kappa shape index (κ1) is 12.8. The molecule has 4 aliphatic rings. The summed E-state index contributed by atoms with van der Waals surface area (Å²) in [7, 11) is 0. The average Bonchev–Trinajstić information content (AvgIpc) is 2.98. The summed E-state index contributed by atoms with van der Waals surface area (Å²) in [5, 5.41) is 0. The highest BCUT2D eigenvalue weighted by Gasteiger charge is 2.65. The van der Waals surface area contributed by atoms with Crippen molar-refractivity contribution in [1.29, 1.82) is 0 Å². The SMILES string of the molecule is Cc1ccc(-c2cc3c(cn2)C2CC4CC5CC3CC45C2)cc1. The van der Waals surface area contributed by atoms with Crippen molar-refractivity contribution in [2.75, 3.05) is 0 Å². The van der Waals surface area contributed by atoms with E-state index in [1.165, 1.54) is 48.9 Å². The topological polar surface area (TPSA) is 12.9 Å². The maximum Gasteiger partial charge on any atom is 0.0705 e. The Balaban J connectivity index is 1.49. The van der Waals surface area contributed by atoms with Crippen LogP contribution in [0.15, 0.2) is 36.5 Å². The standard InChI is InChI=1S/C22H23N/c1-13-2-4-14(5-3-13)21-9-19-15-6-17-8-18-7-16(20(19)12-23-21)11-22(17,18)10-15/h2-5,9,12,15-18H,6-8,10-11H2,1H3. The van der Waals surface area contributed by atoms with Gasteiger partial charge in [0.25, 0.3) is 0 Å². The third kappa shape index (κ3) is 1.51. The second-order valence-electron chi connectivity index (χ2n) is 8.70. The van der Waals surface area contributed by atoms with Gasteiger partial charge in [-0.1, -0.05) is 29.8 Å². The zero-order valence-corrected chi connectivity index (χ0v) is 13.8. The predicted octanol–water partition coefficient (Wildman–Crippen LogP) is 5.45. The molecule has 1 spiro atoms. The molecule has 0 radical (unpaired) electrons. The molecule has 6 rings (SSSR count). The van der Waals surface area contributed by atoms with Crippen molar-refractivity contribution >= 4 is 0 Å². The van der Waals surface area contributed by atoms with Crippen LogP contribution in [-0.2, 0) is 0 Å². The Morgan fingerprint density at radius 1 is 0.913 bits per heavy atom. The molecule has 0 aliphatic heterocycles. The molecule has 1 aromatic carbocycles. The minimum absolute atomic E-state index is 0.748. The van der Waals surface area contributed by atoms with Crippen LogP contribution >= 0.6 is 0 Å². The molecule has 1 aromatic heterocycles. The molecule has 0 N–H and O–H groups in total. The van der Waals surface area contributed by atoms with Gasteiger partial charge in [-0.2, -0.15) is 0 Å². The summed E-state index contributed by atoms with van der Waals surface area (Å²) in [5.41, 5.74) is 7.78. The average molecular weight is 301 g/mol. The fourth-order valence-electron chi connectivity index (χ4n) is 6.70. The summed E-state index contributed by atoms with van der Waals surface area (Å²) in [4.78, 5) is 4.87. The molecule has 2 aromatic rings. The maximum absolute atomic E-state index is 4.87. The van der Waals surface area contributed by atoms with Gasteiger partial charge in [0.1, 0.15) is 0 Å². The first-order valence-electron chi connectivity index (χ1n) is 9.30. The molecular formula is C22H23N. The number of aryl methyl sites for hydroxylation is 1. The lowest BCUT2D eigenvalue weighted by molar-refractivity contribution is 0.00322. The lowest BCUT2D eigenvalue weighted by Crippen LogP contribution is -2.41. The van der Waals surface area contributed by atoms with E-state index in [-0.39, 0.29) is 0 Å². The van der Waals surface area contributed by atoms with E-state index in [9.17, 15) is 0 Å². The number of aromatic nitrogens is 1. The molecule has 3 saturated carbocycles. The summed E-state index contributed by atoms with van der Waals surface area (Å²) in [6.45, 7) is 2.15. The Bertz CT molecular complexity index is 805. The van der Waals surface area contributed by atoms with Crippen LogP contribution in [0.5, 0.6) is 0 Å². The zero-order chi connectivity index (χ0) is 15.2. The second-order valence-corrected chi connectivity index (χ2v) is 8.70. The Labute approximate surface area is 138 Å². The van der Waals surface area contributed by atoms with E-state index in [2.05, 4.69) is 43.5 Å². The van der Waals surface area contributed by atoms with Gasteiger partial charge in [-0.15, -0.1) is 0 Å². The molecule has 1 heteroatoms. The van der Waals surface area contributed by atoms with Crippen LogP contribution < -0.4 is 0 Å². The lowest BCUT2D eigenvalue weighted by atomic mass is 9.56. The fourth-order valence-corrected chi connectivity index (χ4v) is 6.70. The maximum atomic E-state index is 4.87. The van der Waals surface area contributed by atoms with Gasteiger partial charge in [0.05, 0.1) is 5.69 Å². The highest BCUT2D eigenvalue weighted by Crippen LogP contribution is 2.75. The van der Waals surface area contributed by atoms with E-state index in [0.29, 0.717) is 0 Å². The fraction of sp³-hybridized carbons (Fsp3) is 0.500. The van der Waals surface area contributed by atoms with Crippen molar-refractivity contribution in [1.82, 2.24) is 4.98 Å². The minimum atomic E-state index is 0.748. The summed E-state index contributed by atoms with van der Waals surface area (Å²) < 4.78 is 0. The van der Waals surface area contributed by atoms with Crippen molar-refractivity contribution in [2.24, 2.45) is 17.3 Å². The molecule has 4 aliphatic carbocycles. The predicted molar refractivity (Wildman–Crippen MR) is 92.4 cm³/mol. The van der Waals surface area contributed by atoms with Gasteiger partial charge >= 0.3 is 0 Å². The van der Waals surface area contributed by atoms with E-state index in [1.54, 1.807) is 11.1 Å². The first-order valence-corrected chi connectivity index (χ1v) is 9.30. The van der Waals surface area contributed by atoms with Gasteiger partial charge in [0.2, 0.25) is 0 Å². The van der Waals surface area contributed by atoms with Crippen molar-refractivity contribution in [3.05, 3.63) is 53.2 Å². The van der Waals surface area contributed by atoms with Crippen LogP contribution in [0.1, 0.15) is 60.6 Å². The highest BCUT2D eigenvalue weighted by atomic mass is 14.7. The van der Waals surface area contributed by atoms with Crippen LogP contribution in [0, 0.1) is 24.2 Å². The van der Waals surface area contributed by atoms with Gasteiger partial charge in [-0.25, -0.2) is 0 Å². The van der Waals surface area contributed by atoms with Gasteiger partial charge in [-0.3, -0.25) is 4.98 Å². The summed E-state index contributed by atoms with van der Waals surface area (Å²) in [6, 6.07) is 11.3. The van der Waals surface area contributed by atoms with Crippen LogP contribution in [0.4, 0.5) is 0 Å². The van der Waals surface area contributed by atoms with Crippen molar-refractivity contribution in [3.63, 3.8) is 0 Å². The third-order valence-electron chi connectivity index (χ3n) is 7.78. The van der Waals surface area contributed by atoms with Gasteiger partial charge in [0.15, 0.2) is 0 Å². The first-order chi connectivity index (χ1) is 11.2. The summed E-state index contributed by atoms with van der Waals surface area (Å²) in [6.07, 6.45) is 9.61. The van der Waals surface area contributed by atoms with Crippen molar-refractivity contribution in [3.8, 4) is 11.3 Å². The molecule has 3 fully saturated rings. The van der Waals surface area contributed by atoms with E-state index in [0.717, 1.165) is 29.1 Å². The number of nitrogens with zero attached hydrogens (tertiary/aromatic N) is 1. The number of hydrogen-bond donors (Lipinski definition) is 0. The summed E-state index contributed by atoms with van der Waals surface area (Å²) >= 11 is 0. The number of pyridine rings is 1. The number of rotatable bonds is 1. The van der Waals surface area contributed by atoms with Crippen LogP contribution in [0.2, 0.25) is 0 Å². The minimum Gasteiger partial charge on any atom is -0.256 e. The van der Waals surface area contributed by atoms with Crippen LogP contribution in [-0.4, -0.2) is 4.98 Å². The molecule has 5 unspecified atom stereocenters. The lowest BCUT2D eigenvalue weighted by Gasteiger charge is -2.48. The largest absolute Gasteiger partial charge is 0.256 e. The number of benzene rings is 1. The van der Waals surface area contributed by atoms with Gasteiger partial charge in [0, 0.05) is 11.8 Å². The molecule has 116 valence electrons. The van der Waals surface area contributed by atoms with Crippen LogP contribution in [0.3, 0.4) is 0 Å². The van der Waals surface area contributed by atoms with E-state index in [4.69, 9.17) is 4.98 Å². The normalized spacial score (nSPS) is 38.8. The van der Waals surface area contributed by atoms with E-state index in [1.807, 2.05) is 0 Å². The molecule has 0 amide bonds. The third-order valence-corrected chi connectivity index (χ3v) is 7.78. The molecule has 0 saturated heterocycles. The Hall–Kier alpha value is -1.63. The van der Waals surface area contributed by atoms with Crippen molar-refractivity contribution in [2.45, 2.75) is 50.9 Å². The Morgan fingerprint density at radius 3 is 2.35 bits per heavy atom. The van der Waals surface area contributed by atoms with Gasteiger partial charge in [-0.05, 0) is 85.3 Å². The van der Waals surface area contributed by atoms with E-state index < -0.39 is 0 Å².